The van der Waals surface area contributed by atoms with Crippen LogP contribution in [0.4, 0.5) is 5.69 Å². The van der Waals surface area contributed by atoms with Gasteiger partial charge in [-0.15, -0.1) is 0 Å². The Kier molecular flexibility index (Phi) is 5.42. The highest BCUT2D eigenvalue weighted by atomic mass is 32.2. The van der Waals surface area contributed by atoms with Crippen molar-refractivity contribution in [2.45, 2.75) is 6.42 Å². The number of aldehydes is 1. The minimum atomic E-state index is -0.145. The molecule has 1 aromatic carbocycles. The van der Waals surface area contributed by atoms with Crippen LogP contribution in [0.5, 0.6) is 0 Å². The molecular formula is C11H14N2O2S. The molecule has 0 aliphatic rings. The van der Waals surface area contributed by atoms with Gasteiger partial charge in [-0.1, -0.05) is 24.1 Å². The zero-order valence-corrected chi connectivity index (χ0v) is 9.84. The maximum atomic E-state index is 11.3. The van der Waals surface area contributed by atoms with Crippen molar-refractivity contribution in [1.29, 1.82) is 0 Å². The number of rotatable bonds is 6. The SMILES string of the molecule is CSNc1cccc(CC(=O)NCC=O)c1. The second kappa shape index (κ2) is 6.90. The summed E-state index contributed by atoms with van der Waals surface area (Å²) in [5.74, 6) is -0.145. The molecule has 16 heavy (non-hydrogen) atoms. The van der Waals surface area contributed by atoms with Crippen LogP contribution in [0.2, 0.25) is 0 Å². The monoisotopic (exact) mass is 238 g/mol. The number of nitrogens with one attached hydrogen (secondary N) is 2. The second-order valence-corrected chi connectivity index (χ2v) is 3.77. The van der Waals surface area contributed by atoms with Crippen molar-refractivity contribution in [3.63, 3.8) is 0 Å². The lowest BCUT2D eigenvalue weighted by molar-refractivity contribution is -0.121. The van der Waals surface area contributed by atoms with Crippen LogP contribution in [0.1, 0.15) is 5.56 Å². The van der Waals surface area contributed by atoms with Crippen LogP contribution in [-0.4, -0.2) is 25.0 Å². The third-order valence-electron chi connectivity index (χ3n) is 1.89. The molecule has 0 unspecified atom stereocenters. The van der Waals surface area contributed by atoms with Gasteiger partial charge in [0.2, 0.25) is 5.91 Å². The quantitative estimate of drug-likeness (QED) is 0.578. The van der Waals surface area contributed by atoms with E-state index in [0.29, 0.717) is 6.29 Å². The second-order valence-electron chi connectivity index (χ2n) is 3.15. The van der Waals surface area contributed by atoms with Gasteiger partial charge in [0.15, 0.2) is 0 Å². The van der Waals surface area contributed by atoms with Gasteiger partial charge in [-0.25, -0.2) is 0 Å². The molecule has 0 spiro atoms. The lowest BCUT2D eigenvalue weighted by Crippen LogP contribution is -2.26. The molecule has 0 saturated carbocycles. The standard InChI is InChI=1S/C11H14N2O2S/c1-16-13-10-4-2-3-9(7-10)8-11(15)12-5-6-14/h2-4,6-7,13H,5,8H2,1H3,(H,12,15). The normalized spacial score (nSPS) is 9.56. The van der Waals surface area contributed by atoms with E-state index in [4.69, 9.17) is 0 Å². The Bertz CT molecular complexity index is 369. The molecule has 0 bridgehead atoms. The van der Waals surface area contributed by atoms with E-state index >= 15 is 0 Å². The highest BCUT2D eigenvalue weighted by molar-refractivity contribution is 7.99. The molecule has 0 aromatic heterocycles. The summed E-state index contributed by atoms with van der Waals surface area (Å²) in [4.78, 5) is 21.4. The fourth-order valence-corrected chi connectivity index (χ4v) is 1.63. The molecule has 0 fully saturated rings. The molecule has 1 rings (SSSR count). The maximum Gasteiger partial charge on any atom is 0.224 e. The molecule has 2 N–H and O–H groups in total. The first-order valence-electron chi connectivity index (χ1n) is 4.84. The summed E-state index contributed by atoms with van der Waals surface area (Å²) in [7, 11) is 0. The third-order valence-corrected chi connectivity index (χ3v) is 2.33. The first kappa shape index (κ1) is 12.6. The van der Waals surface area contributed by atoms with E-state index in [1.165, 1.54) is 11.9 Å². The van der Waals surface area contributed by atoms with E-state index in [0.717, 1.165) is 11.3 Å². The zero-order chi connectivity index (χ0) is 11.8. The van der Waals surface area contributed by atoms with Crippen molar-refractivity contribution in [3.8, 4) is 0 Å². The lowest BCUT2D eigenvalue weighted by atomic mass is 10.1. The van der Waals surface area contributed by atoms with Crippen molar-refractivity contribution < 1.29 is 9.59 Å². The third kappa shape index (κ3) is 4.35. The van der Waals surface area contributed by atoms with Crippen LogP contribution >= 0.6 is 11.9 Å². The van der Waals surface area contributed by atoms with Gasteiger partial charge in [0.25, 0.3) is 0 Å². The van der Waals surface area contributed by atoms with Crippen LogP contribution in [0.25, 0.3) is 0 Å². The number of anilines is 1. The Morgan fingerprint density at radius 2 is 2.31 bits per heavy atom. The fraction of sp³-hybridized carbons (Fsp3) is 0.273. The van der Waals surface area contributed by atoms with E-state index in [2.05, 4.69) is 10.0 Å². The Balaban J connectivity index is 2.55. The van der Waals surface area contributed by atoms with Gasteiger partial charge in [0, 0.05) is 11.9 Å². The Hall–Kier alpha value is -1.49. The molecule has 0 heterocycles. The van der Waals surface area contributed by atoms with Gasteiger partial charge in [-0.2, -0.15) is 0 Å². The minimum absolute atomic E-state index is 0.0710. The summed E-state index contributed by atoms with van der Waals surface area (Å²) in [6.45, 7) is 0.0710. The van der Waals surface area contributed by atoms with Crippen LogP contribution in [0.15, 0.2) is 24.3 Å². The van der Waals surface area contributed by atoms with Gasteiger partial charge in [-0.05, 0) is 17.7 Å². The highest BCUT2D eigenvalue weighted by Gasteiger charge is 2.02. The Labute approximate surface area is 98.9 Å². The van der Waals surface area contributed by atoms with Gasteiger partial charge in [0.05, 0.1) is 13.0 Å². The van der Waals surface area contributed by atoms with E-state index < -0.39 is 0 Å². The van der Waals surface area contributed by atoms with Crippen LogP contribution in [-0.2, 0) is 16.0 Å². The number of hydrogen-bond acceptors (Lipinski definition) is 4. The average Bonchev–Trinajstić information content (AvgIpc) is 2.27. The maximum absolute atomic E-state index is 11.3. The minimum Gasteiger partial charge on any atom is -0.349 e. The molecular weight excluding hydrogens is 224 g/mol. The summed E-state index contributed by atoms with van der Waals surface area (Å²) in [5, 5.41) is 2.50. The number of hydrogen-bond donors (Lipinski definition) is 2. The van der Waals surface area contributed by atoms with Crippen LogP contribution in [0, 0.1) is 0 Å². The van der Waals surface area contributed by atoms with E-state index in [1.54, 1.807) is 0 Å². The highest BCUT2D eigenvalue weighted by Crippen LogP contribution is 2.13. The number of amides is 1. The molecule has 0 aliphatic heterocycles. The fourth-order valence-electron chi connectivity index (χ4n) is 1.27. The smallest absolute Gasteiger partial charge is 0.224 e. The molecule has 4 nitrogen and oxygen atoms in total. The molecule has 0 atom stereocenters. The summed E-state index contributed by atoms with van der Waals surface area (Å²) in [5.41, 5.74) is 1.88. The molecule has 0 saturated heterocycles. The van der Waals surface area contributed by atoms with Crippen molar-refractivity contribution >= 4 is 29.8 Å². The molecule has 5 heteroatoms. The molecule has 1 amide bonds. The average molecular weight is 238 g/mol. The lowest BCUT2D eigenvalue weighted by Gasteiger charge is -2.05. The summed E-state index contributed by atoms with van der Waals surface area (Å²) >= 11 is 1.50. The van der Waals surface area contributed by atoms with Crippen LogP contribution < -0.4 is 10.0 Å². The molecule has 86 valence electrons. The van der Waals surface area contributed by atoms with Crippen molar-refractivity contribution in [3.05, 3.63) is 29.8 Å². The first-order valence-corrected chi connectivity index (χ1v) is 6.07. The van der Waals surface area contributed by atoms with Gasteiger partial charge >= 0.3 is 0 Å². The summed E-state index contributed by atoms with van der Waals surface area (Å²) in [6, 6.07) is 7.62. The summed E-state index contributed by atoms with van der Waals surface area (Å²) < 4.78 is 3.09. The Morgan fingerprint density at radius 1 is 1.50 bits per heavy atom. The largest absolute Gasteiger partial charge is 0.349 e. The predicted octanol–water partition coefficient (Wildman–Crippen LogP) is 1.23. The van der Waals surface area contributed by atoms with Crippen LogP contribution in [0.3, 0.4) is 0 Å². The molecule has 0 aliphatic carbocycles. The topological polar surface area (TPSA) is 58.2 Å². The Morgan fingerprint density at radius 3 is 3.00 bits per heavy atom. The molecule has 1 aromatic rings. The van der Waals surface area contributed by atoms with E-state index in [9.17, 15) is 9.59 Å². The predicted molar refractivity (Wildman–Crippen MR) is 66.4 cm³/mol. The summed E-state index contributed by atoms with van der Waals surface area (Å²) in [6.07, 6.45) is 2.89. The van der Waals surface area contributed by atoms with Crippen molar-refractivity contribution in [2.24, 2.45) is 0 Å². The number of benzene rings is 1. The van der Waals surface area contributed by atoms with Gasteiger partial charge < -0.3 is 14.8 Å². The van der Waals surface area contributed by atoms with E-state index in [-0.39, 0.29) is 18.9 Å². The first-order chi connectivity index (χ1) is 7.76. The van der Waals surface area contributed by atoms with Gasteiger partial charge in [0.1, 0.15) is 6.29 Å². The molecule has 0 radical (unpaired) electrons. The van der Waals surface area contributed by atoms with Crippen molar-refractivity contribution in [1.82, 2.24) is 5.32 Å². The number of carbonyl (C=O) groups excluding carboxylic acids is 2. The van der Waals surface area contributed by atoms with E-state index in [1.807, 2.05) is 30.5 Å². The van der Waals surface area contributed by atoms with Gasteiger partial charge in [-0.3, -0.25) is 4.79 Å². The van der Waals surface area contributed by atoms with Crippen molar-refractivity contribution in [2.75, 3.05) is 17.5 Å². The number of carbonyl (C=O) groups is 2. The zero-order valence-electron chi connectivity index (χ0n) is 9.03.